The van der Waals surface area contributed by atoms with Crippen LogP contribution in [0.1, 0.15) is 0 Å². The quantitative estimate of drug-likeness (QED) is 0.277. The Morgan fingerprint density at radius 2 is 1.19 bits per heavy atom. The van der Waals surface area contributed by atoms with Crippen molar-refractivity contribution in [1.29, 1.82) is 0 Å². The molecule has 0 bridgehead atoms. The fourth-order valence-corrected chi connectivity index (χ4v) is 5.42. The SMILES string of the molecule is c1ccc2c(-c3c4ccccc4c(Sc4ccncc4)c4ccncc34)cccc2c1. The largest absolute Gasteiger partial charge is 0.265 e. The highest BCUT2D eigenvalue weighted by Crippen LogP contribution is 2.45. The van der Waals surface area contributed by atoms with Gasteiger partial charge in [-0.05, 0) is 56.3 Å². The Hall–Kier alpha value is -3.69. The summed E-state index contributed by atoms with van der Waals surface area (Å²) in [6, 6.07) is 30.1. The number of fused-ring (bicyclic) bond motifs is 3. The number of aromatic nitrogens is 2. The first kappa shape index (κ1) is 18.1. The monoisotopic (exact) mass is 414 g/mol. The van der Waals surface area contributed by atoms with Gasteiger partial charge in [0.15, 0.2) is 0 Å². The van der Waals surface area contributed by atoms with E-state index < -0.39 is 0 Å². The lowest BCUT2D eigenvalue weighted by molar-refractivity contribution is 1.26. The molecule has 0 N–H and O–H groups in total. The molecule has 2 aromatic heterocycles. The number of benzene rings is 4. The van der Waals surface area contributed by atoms with Crippen molar-refractivity contribution in [2.24, 2.45) is 0 Å². The van der Waals surface area contributed by atoms with E-state index in [0.29, 0.717) is 0 Å². The minimum Gasteiger partial charge on any atom is -0.265 e. The molecule has 31 heavy (non-hydrogen) atoms. The van der Waals surface area contributed by atoms with Gasteiger partial charge in [-0.3, -0.25) is 9.97 Å². The number of hydrogen-bond acceptors (Lipinski definition) is 3. The minimum absolute atomic E-state index is 1.18. The molecular formula is C28H18N2S. The van der Waals surface area contributed by atoms with Crippen molar-refractivity contribution < 1.29 is 0 Å². The molecule has 0 saturated heterocycles. The van der Waals surface area contributed by atoms with Gasteiger partial charge in [-0.25, -0.2) is 0 Å². The molecule has 2 nitrogen and oxygen atoms in total. The van der Waals surface area contributed by atoms with E-state index >= 15 is 0 Å². The Labute approximate surface area is 184 Å². The van der Waals surface area contributed by atoms with Crippen LogP contribution in [-0.2, 0) is 0 Å². The standard InChI is InChI=1S/C28H18N2S/c1-2-8-21-19(6-1)7-5-11-22(21)27-23-9-3-4-10-24(23)28(25-14-17-30-18-26(25)27)31-20-12-15-29-16-13-20/h1-18H. The zero-order valence-electron chi connectivity index (χ0n) is 16.7. The van der Waals surface area contributed by atoms with Crippen LogP contribution in [0.2, 0.25) is 0 Å². The highest BCUT2D eigenvalue weighted by Gasteiger charge is 2.17. The molecule has 4 aromatic carbocycles. The van der Waals surface area contributed by atoms with E-state index in [1.807, 2.05) is 24.8 Å². The topological polar surface area (TPSA) is 25.8 Å². The van der Waals surface area contributed by atoms with Crippen molar-refractivity contribution in [3.63, 3.8) is 0 Å². The van der Waals surface area contributed by atoms with Crippen LogP contribution in [0.3, 0.4) is 0 Å². The molecule has 0 atom stereocenters. The zero-order chi connectivity index (χ0) is 20.6. The van der Waals surface area contributed by atoms with Gasteiger partial charge in [0.05, 0.1) is 0 Å². The number of rotatable bonds is 3. The van der Waals surface area contributed by atoms with Crippen molar-refractivity contribution in [1.82, 2.24) is 9.97 Å². The third-order valence-corrected chi connectivity index (χ3v) is 6.86. The predicted octanol–water partition coefficient (Wildman–Crippen LogP) is 7.75. The summed E-state index contributed by atoms with van der Waals surface area (Å²) in [6.45, 7) is 0. The lowest BCUT2D eigenvalue weighted by atomic mass is 9.90. The Morgan fingerprint density at radius 1 is 0.516 bits per heavy atom. The molecule has 2 heterocycles. The molecule has 6 rings (SSSR count). The second-order valence-electron chi connectivity index (χ2n) is 7.48. The van der Waals surface area contributed by atoms with Gasteiger partial charge in [-0.15, -0.1) is 0 Å². The van der Waals surface area contributed by atoms with Gasteiger partial charge in [0.1, 0.15) is 0 Å². The average molecular weight is 415 g/mol. The van der Waals surface area contributed by atoms with Gasteiger partial charge in [0.2, 0.25) is 0 Å². The second-order valence-corrected chi connectivity index (χ2v) is 8.57. The molecular weight excluding hydrogens is 396 g/mol. The molecule has 0 saturated carbocycles. The summed E-state index contributed by atoms with van der Waals surface area (Å²) in [5, 5.41) is 7.40. The number of hydrogen-bond donors (Lipinski definition) is 0. The zero-order valence-corrected chi connectivity index (χ0v) is 17.5. The first-order valence-corrected chi connectivity index (χ1v) is 11.1. The first-order valence-electron chi connectivity index (χ1n) is 10.2. The lowest BCUT2D eigenvalue weighted by Crippen LogP contribution is -1.91. The smallest absolute Gasteiger partial charge is 0.0353 e. The summed E-state index contributed by atoms with van der Waals surface area (Å²) < 4.78 is 0. The van der Waals surface area contributed by atoms with Crippen LogP contribution < -0.4 is 0 Å². The fraction of sp³-hybridized carbons (Fsp3) is 0. The number of nitrogens with zero attached hydrogens (tertiary/aromatic N) is 2. The van der Waals surface area contributed by atoms with Crippen molar-refractivity contribution in [2.45, 2.75) is 9.79 Å². The van der Waals surface area contributed by atoms with Gasteiger partial charge in [0.25, 0.3) is 0 Å². The molecule has 0 amide bonds. The van der Waals surface area contributed by atoms with Crippen molar-refractivity contribution in [3.8, 4) is 11.1 Å². The van der Waals surface area contributed by atoms with Gasteiger partial charge in [-0.2, -0.15) is 0 Å². The molecule has 3 heteroatoms. The lowest BCUT2D eigenvalue weighted by Gasteiger charge is -2.17. The maximum Gasteiger partial charge on any atom is 0.0353 e. The summed E-state index contributed by atoms with van der Waals surface area (Å²) in [6.07, 6.45) is 7.59. The van der Waals surface area contributed by atoms with Crippen LogP contribution in [0.5, 0.6) is 0 Å². The van der Waals surface area contributed by atoms with E-state index in [1.165, 1.54) is 53.2 Å². The molecule has 146 valence electrons. The van der Waals surface area contributed by atoms with Crippen LogP contribution in [0.15, 0.2) is 120 Å². The van der Waals surface area contributed by atoms with Crippen LogP contribution in [-0.4, -0.2) is 9.97 Å². The Bertz CT molecular complexity index is 1500. The maximum atomic E-state index is 4.51. The van der Waals surface area contributed by atoms with Crippen molar-refractivity contribution in [2.75, 3.05) is 0 Å². The fourth-order valence-electron chi connectivity index (χ4n) is 4.35. The van der Waals surface area contributed by atoms with Gasteiger partial charge in [-0.1, -0.05) is 78.5 Å². The molecule has 0 aliphatic heterocycles. The maximum absolute atomic E-state index is 4.51. The van der Waals surface area contributed by atoms with E-state index in [4.69, 9.17) is 0 Å². The van der Waals surface area contributed by atoms with Gasteiger partial charge < -0.3 is 0 Å². The average Bonchev–Trinajstić information content (AvgIpc) is 2.84. The second kappa shape index (κ2) is 7.53. The highest BCUT2D eigenvalue weighted by molar-refractivity contribution is 7.99. The summed E-state index contributed by atoms with van der Waals surface area (Å²) >= 11 is 1.79. The Kier molecular flexibility index (Phi) is 4.40. The normalized spacial score (nSPS) is 11.4. The van der Waals surface area contributed by atoms with E-state index in [9.17, 15) is 0 Å². The van der Waals surface area contributed by atoms with E-state index in [0.717, 1.165) is 0 Å². The van der Waals surface area contributed by atoms with E-state index in [2.05, 4.69) is 94.9 Å². The number of pyridine rings is 2. The van der Waals surface area contributed by atoms with E-state index in [-0.39, 0.29) is 0 Å². The summed E-state index contributed by atoms with van der Waals surface area (Å²) in [5.41, 5.74) is 2.49. The molecule has 0 unspecified atom stereocenters. The minimum atomic E-state index is 1.18. The molecule has 0 fully saturated rings. The third-order valence-electron chi connectivity index (χ3n) is 5.70. The third kappa shape index (κ3) is 3.06. The summed E-state index contributed by atoms with van der Waals surface area (Å²) in [7, 11) is 0. The van der Waals surface area contributed by atoms with Gasteiger partial charge in [0, 0.05) is 40.0 Å². The van der Waals surface area contributed by atoms with Crippen molar-refractivity contribution >= 4 is 44.1 Å². The first-order chi connectivity index (χ1) is 15.4. The molecule has 0 aliphatic carbocycles. The van der Waals surface area contributed by atoms with Crippen molar-refractivity contribution in [3.05, 3.63) is 110 Å². The van der Waals surface area contributed by atoms with Crippen LogP contribution in [0, 0.1) is 0 Å². The summed E-state index contributed by atoms with van der Waals surface area (Å²) in [5.74, 6) is 0. The molecule has 6 aromatic rings. The van der Waals surface area contributed by atoms with E-state index in [1.54, 1.807) is 11.8 Å². The highest BCUT2D eigenvalue weighted by atomic mass is 32.2. The van der Waals surface area contributed by atoms with Crippen LogP contribution in [0.25, 0.3) is 43.4 Å². The molecule has 0 spiro atoms. The predicted molar refractivity (Wildman–Crippen MR) is 131 cm³/mol. The van der Waals surface area contributed by atoms with Gasteiger partial charge >= 0.3 is 0 Å². The molecule has 0 radical (unpaired) electrons. The molecule has 0 aliphatic rings. The Morgan fingerprint density at radius 3 is 2.06 bits per heavy atom. The van der Waals surface area contributed by atoms with Crippen LogP contribution in [0.4, 0.5) is 0 Å². The van der Waals surface area contributed by atoms with Crippen LogP contribution >= 0.6 is 11.8 Å². The Balaban J connectivity index is 1.75. The summed E-state index contributed by atoms with van der Waals surface area (Å²) in [4.78, 5) is 11.1.